The first-order chi connectivity index (χ1) is 9.33. The van der Waals surface area contributed by atoms with Gasteiger partial charge in [-0.15, -0.1) is 0 Å². The van der Waals surface area contributed by atoms with E-state index in [0.29, 0.717) is 5.92 Å². The van der Waals surface area contributed by atoms with Crippen molar-refractivity contribution in [1.82, 2.24) is 15.3 Å². The van der Waals surface area contributed by atoms with Gasteiger partial charge in [0.05, 0.1) is 11.0 Å². The van der Waals surface area contributed by atoms with Crippen LogP contribution in [0.15, 0.2) is 23.4 Å². The monoisotopic (exact) mass is 291 g/mol. The van der Waals surface area contributed by atoms with Crippen molar-refractivity contribution in [1.29, 1.82) is 0 Å². The summed E-state index contributed by atoms with van der Waals surface area (Å²) >= 11 is 1.80. The van der Waals surface area contributed by atoms with Crippen molar-refractivity contribution in [3.05, 3.63) is 23.8 Å². The molecule has 3 nitrogen and oxygen atoms in total. The molecule has 0 fully saturated rings. The van der Waals surface area contributed by atoms with Crippen LogP contribution in [0.4, 0.5) is 0 Å². The number of aromatic amines is 1. The highest BCUT2D eigenvalue weighted by molar-refractivity contribution is 7.99. The number of aromatic nitrogens is 2. The van der Waals surface area contributed by atoms with E-state index in [2.05, 4.69) is 68.1 Å². The number of nitrogens with one attached hydrogen (secondary N) is 2. The molecular weight excluding hydrogens is 266 g/mol. The average molecular weight is 291 g/mol. The van der Waals surface area contributed by atoms with Crippen molar-refractivity contribution in [2.45, 2.75) is 45.3 Å². The highest BCUT2D eigenvalue weighted by atomic mass is 32.2. The number of aryl methyl sites for hydroxylation is 1. The van der Waals surface area contributed by atoms with Gasteiger partial charge in [-0.1, -0.05) is 24.8 Å². The van der Waals surface area contributed by atoms with Gasteiger partial charge in [0, 0.05) is 11.3 Å². The van der Waals surface area contributed by atoms with Gasteiger partial charge in [0.15, 0.2) is 5.16 Å². The summed E-state index contributed by atoms with van der Waals surface area (Å²) in [5, 5.41) is 4.57. The maximum absolute atomic E-state index is 4.62. The summed E-state index contributed by atoms with van der Waals surface area (Å²) in [6.45, 7) is 12.0. The Bertz CT molecular complexity index is 569. The highest BCUT2D eigenvalue weighted by Gasteiger charge is 2.12. The van der Waals surface area contributed by atoms with E-state index in [4.69, 9.17) is 0 Å². The quantitative estimate of drug-likeness (QED) is 0.818. The van der Waals surface area contributed by atoms with Crippen LogP contribution in [0.5, 0.6) is 0 Å². The molecule has 4 heteroatoms. The van der Waals surface area contributed by atoms with Gasteiger partial charge in [-0.2, -0.15) is 0 Å². The number of thioether (sulfide) groups is 1. The van der Waals surface area contributed by atoms with Gasteiger partial charge in [-0.3, -0.25) is 0 Å². The van der Waals surface area contributed by atoms with Crippen LogP contribution < -0.4 is 5.32 Å². The predicted octanol–water partition coefficient (Wildman–Crippen LogP) is 3.99. The molecule has 0 bridgehead atoms. The first kappa shape index (κ1) is 15.4. The minimum Gasteiger partial charge on any atom is -0.333 e. The summed E-state index contributed by atoms with van der Waals surface area (Å²) in [5.41, 5.74) is 3.64. The Morgan fingerprint density at radius 2 is 2.10 bits per heavy atom. The summed E-state index contributed by atoms with van der Waals surface area (Å²) in [5.74, 6) is 1.69. The van der Waals surface area contributed by atoms with E-state index in [1.54, 1.807) is 11.8 Å². The molecule has 20 heavy (non-hydrogen) atoms. The van der Waals surface area contributed by atoms with Crippen molar-refractivity contribution >= 4 is 22.8 Å². The minimum absolute atomic E-state index is 0.190. The second-order valence-corrected chi connectivity index (χ2v) is 7.62. The summed E-state index contributed by atoms with van der Waals surface area (Å²) in [6.07, 6.45) is 0. The third-order valence-electron chi connectivity index (χ3n) is 3.10. The Balaban J connectivity index is 1.89. The lowest BCUT2D eigenvalue weighted by Crippen LogP contribution is -2.39. The molecule has 110 valence electrons. The molecular formula is C16H25N3S. The molecule has 2 aromatic rings. The molecule has 0 saturated heterocycles. The molecule has 0 radical (unpaired) electrons. The third kappa shape index (κ3) is 4.53. The second kappa shape index (κ2) is 6.19. The molecule has 0 aliphatic heterocycles. The largest absolute Gasteiger partial charge is 0.333 e. The minimum atomic E-state index is 0.190. The van der Waals surface area contributed by atoms with Crippen LogP contribution >= 0.6 is 11.8 Å². The highest BCUT2D eigenvalue weighted by Crippen LogP contribution is 2.22. The van der Waals surface area contributed by atoms with Crippen molar-refractivity contribution in [3.63, 3.8) is 0 Å². The van der Waals surface area contributed by atoms with Crippen molar-refractivity contribution in [2.24, 2.45) is 5.92 Å². The van der Waals surface area contributed by atoms with Crippen LogP contribution in [-0.4, -0.2) is 27.8 Å². The number of H-pyrrole nitrogens is 1. The van der Waals surface area contributed by atoms with Crippen LogP contribution in [0.1, 0.15) is 33.3 Å². The van der Waals surface area contributed by atoms with E-state index < -0.39 is 0 Å². The number of rotatable bonds is 5. The number of fused-ring (bicyclic) bond motifs is 1. The maximum Gasteiger partial charge on any atom is 0.166 e. The van der Waals surface area contributed by atoms with Gasteiger partial charge < -0.3 is 10.3 Å². The first-order valence-corrected chi connectivity index (χ1v) is 8.16. The van der Waals surface area contributed by atoms with Crippen molar-refractivity contribution < 1.29 is 0 Å². The molecule has 0 aliphatic carbocycles. The van der Waals surface area contributed by atoms with E-state index >= 15 is 0 Å². The third-order valence-corrected chi connectivity index (χ3v) is 4.30. The molecule has 1 unspecified atom stereocenters. The summed E-state index contributed by atoms with van der Waals surface area (Å²) < 4.78 is 0. The van der Waals surface area contributed by atoms with Crippen LogP contribution in [0, 0.1) is 12.8 Å². The van der Waals surface area contributed by atoms with Gasteiger partial charge in [0.2, 0.25) is 0 Å². The van der Waals surface area contributed by atoms with Gasteiger partial charge in [-0.05, 0) is 57.9 Å². The van der Waals surface area contributed by atoms with E-state index in [-0.39, 0.29) is 5.54 Å². The Hall–Kier alpha value is -1.00. The number of hydrogen-bond acceptors (Lipinski definition) is 3. The lowest BCUT2D eigenvalue weighted by Gasteiger charge is -2.23. The Morgan fingerprint density at radius 3 is 2.80 bits per heavy atom. The fourth-order valence-corrected chi connectivity index (χ4v) is 2.83. The molecule has 0 spiro atoms. The summed E-state index contributed by atoms with van der Waals surface area (Å²) in [7, 11) is 0. The van der Waals surface area contributed by atoms with Crippen LogP contribution in [-0.2, 0) is 0 Å². The number of hydrogen-bond donors (Lipinski definition) is 2. The zero-order chi connectivity index (χ0) is 14.8. The summed E-state index contributed by atoms with van der Waals surface area (Å²) in [6, 6.07) is 6.33. The second-order valence-electron chi connectivity index (χ2n) is 6.61. The van der Waals surface area contributed by atoms with Crippen LogP contribution in [0.2, 0.25) is 0 Å². The topological polar surface area (TPSA) is 40.7 Å². The lowest BCUT2D eigenvalue weighted by molar-refractivity contribution is 0.395. The molecule has 0 saturated carbocycles. The molecule has 2 N–H and O–H groups in total. The molecule has 0 amide bonds. The van der Waals surface area contributed by atoms with Gasteiger partial charge in [0.25, 0.3) is 0 Å². The zero-order valence-corrected chi connectivity index (χ0v) is 13.9. The lowest BCUT2D eigenvalue weighted by atomic mass is 10.1. The smallest absolute Gasteiger partial charge is 0.166 e. The maximum atomic E-state index is 4.62. The van der Waals surface area contributed by atoms with Crippen LogP contribution in [0.25, 0.3) is 11.0 Å². The molecule has 1 aromatic carbocycles. The molecule has 2 rings (SSSR count). The molecule has 0 aliphatic rings. The molecule has 1 aromatic heterocycles. The van der Waals surface area contributed by atoms with Crippen molar-refractivity contribution in [2.75, 3.05) is 12.3 Å². The van der Waals surface area contributed by atoms with E-state index in [9.17, 15) is 0 Å². The fourth-order valence-electron chi connectivity index (χ4n) is 1.93. The zero-order valence-electron chi connectivity index (χ0n) is 13.1. The van der Waals surface area contributed by atoms with Crippen LogP contribution in [0.3, 0.4) is 0 Å². The Labute approximate surface area is 125 Å². The van der Waals surface area contributed by atoms with Crippen molar-refractivity contribution in [3.8, 4) is 0 Å². The number of nitrogens with zero attached hydrogens (tertiary/aromatic N) is 1. The number of imidazole rings is 1. The molecule has 1 atom stereocenters. The fraction of sp³-hybridized carbons (Fsp3) is 0.562. The Kier molecular flexibility index (Phi) is 4.76. The molecule has 1 heterocycles. The van der Waals surface area contributed by atoms with Gasteiger partial charge >= 0.3 is 0 Å². The standard InChI is InChI=1S/C16H25N3S/c1-11-6-7-13-14(8-11)19-15(18-13)20-10-12(2)9-17-16(3,4)5/h6-8,12,17H,9-10H2,1-5H3,(H,18,19). The Morgan fingerprint density at radius 1 is 1.35 bits per heavy atom. The van der Waals surface area contributed by atoms with E-state index in [0.717, 1.165) is 28.5 Å². The first-order valence-electron chi connectivity index (χ1n) is 7.18. The van der Waals surface area contributed by atoms with E-state index in [1.165, 1.54) is 5.56 Å². The van der Waals surface area contributed by atoms with E-state index in [1.807, 2.05) is 0 Å². The normalized spacial score (nSPS) is 13.8. The predicted molar refractivity (Wildman–Crippen MR) is 88.5 cm³/mol. The number of benzene rings is 1. The SMILES string of the molecule is Cc1ccc2nc(SCC(C)CNC(C)(C)C)[nH]c2c1. The van der Waals surface area contributed by atoms with Gasteiger partial charge in [-0.25, -0.2) is 4.98 Å². The van der Waals surface area contributed by atoms with Gasteiger partial charge in [0.1, 0.15) is 0 Å². The average Bonchev–Trinajstić information content (AvgIpc) is 2.75. The summed E-state index contributed by atoms with van der Waals surface area (Å²) in [4.78, 5) is 8.02.